The van der Waals surface area contributed by atoms with Gasteiger partial charge in [0, 0.05) is 23.4 Å². The van der Waals surface area contributed by atoms with Gasteiger partial charge in [0.25, 0.3) is 5.56 Å². The summed E-state index contributed by atoms with van der Waals surface area (Å²) in [6.07, 6.45) is -0.724. The quantitative estimate of drug-likeness (QED) is 0.534. The SMILES string of the molecule is NCC(O)COc1ccc2c(c1)[nH]c(=O)c1c3ccccc3oc21. The van der Waals surface area contributed by atoms with Gasteiger partial charge in [0.05, 0.1) is 10.9 Å². The topological polar surface area (TPSA) is 101 Å². The number of aromatic nitrogens is 1. The van der Waals surface area contributed by atoms with Crippen LogP contribution in [0.2, 0.25) is 0 Å². The fraction of sp³-hybridized carbons (Fsp3) is 0.167. The molecule has 4 N–H and O–H groups in total. The minimum absolute atomic E-state index is 0.0963. The first-order chi connectivity index (χ1) is 11.7. The van der Waals surface area contributed by atoms with Crippen molar-refractivity contribution in [1.29, 1.82) is 0 Å². The van der Waals surface area contributed by atoms with Crippen LogP contribution in [0.25, 0.3) is 32.8 Å². The van der Waals surface area contributed by atoms with E-state index in [1.54, 1.807) is 12.1 Å². The third-order valence-corrected chi connectivity index (χ3v) is 4.02. The monoisotopic (exact) mass is 324 g/mol. The maximum atomic E-state index is 12.5. The molecule has 0 fully saturated rings. The van der Waals surface area contributed by atoms with Crippen molar-refractivity contribution in [2.45, 2.75) is 6.10 Å². The second kappa shape index (κ2) is 5.67. The first-order valence-corrected chi connectivity index (χ1v) is 7.65. The molecule has 1 atom stereocenters. The molecule has 2 heterocycles. The molecule has 4 rings (SSSR count). The molecule has 0 saturated carbocycles. The average molecular weight is 324 g/mol. The van der Waals surface area contributed by atoms with Crippen LogP contribution in [0.3, 0.4) is 0 Å². The lowest BCUT2D eigenvalue weighted by molar-refractivity contribution is 0.114. The van der Waals surface area contributed by atoms with Gasteiger partial charge < -0.3 is 25.0 Å². The molecule has 122 valence electrons. The van der Waals surface area contributed by atoms with Crippen LogP contribution in [-0.4, -0.2) is 29.3 Å². The second-order valence-corrected chi connectivity index (χ2v) is 5.66. The van der Waals surface area contributed by atoms with E-state index in [1.165, 1.54) is 0 Å². The van der Waals surface area contributed by atoms with Gasteiger partial charge in [-0.25, -0.2) is 0 Å². The predicted octanol–water partition coefficient (Wildman–Crippen LogP) is 2.13. The fourth-order valence-electron chi connectivity index (χ4n) is 2.82. The molecular weight excluding hydrogens is 308 g/mol. The molecule has 2 aromatic heterocycles. The lowest BCUT2D eigenvalue weighted by Crippen LogP contribution is -2.26. The first kappa shape index (κ1) is 14.7. The van der Waals surface area contributed by atoms with Crippen molar-refractivity contribution in [3.63, 3.8) is 0 Å². The van der Waals surface area contributed by atoms with Crippen molar-refractivity contribution >= 4 is 32.8 Å². The van der Waals surface area contributed by atoms with Gasteiger partial charge in [-0.3, -0.25) is 4.79 Å². The summed E-state index contributed by atoms with van der Waals surface area (Å²) in [6, 6.07) is 12.8. The normalized spacial score (nSPS) is 12.9. The number of aromatic amines is 1. The molecule has 0 aliphatic heterocycles. The van der Waals surface area contributed by atoms with E-state index in [-0.39, 0.29) is 18.7 Å². The van der Waals surface area contributed by atoms with Crippen LogP contribution < -0.4 is 16.0 Å². The van der Waals surface area contributed by atoms with Gasteiger partial charge in [0.1, 0.15) is 29.6 Å². The molecule has 0 aliphatic rings. The number of rotatable bonds is 4. The number of aliphatic hydroxyl groups excluding tert-OH is 1. The predicted molar refractivity (Wildman–Crippen MR) is 92.4 cm³/mol. The van der Waals surface area contributed by atoms with Crippen molar-refractivity contribution in [2.24, 2.45) is 5.73 Å². The summed E-state index contributed by atoms with van der Waals surface area (Å²) in [7, 11) is 0. The molecule has 0 saturated heterocycles. The van der Waals surface area contributed by atoms with Crippen LogP contribution in [0.1, 0.15) is 0 Å². The summed E-state index contributed by atoms with van der Waals surface area (Å²) in [6.45, 7) is 0.225. The van der Waals surface area contributed by atoms with E-state index in [0.717, 1.165) is 10.8 Å². The van der Waals surface area contributed by atoms with Crippen molar-refractivity contribution in [3.8, 4) is 5.75 Å². The van der Waals surface area contributed by atoms with Crippen LogP contribution in [0, 0.1) is 0 Å². The van der Waals surface area contributed by atoms with Crippen molar-refractivity contribution in [1.82, 2.24) is 4.98 Å². The molecule has 4 aromatic rings. The van der Waals surface area contributed by atoms with Crippen molar-refractivity contribution in [2.75, 3.05) is 13.2 Å². The number of para-hydroxylation sites is 1. The number of nitrogens with two attached hydrogens (primary N) is 1. The number of aliphatic hydroxyl groups is 1. The molecule has 24 heavy (non-hydrogen) atoms. The highest BCUT2D eigenvalue weighted by Crippen LogP contribution is 2.31. The van der Waals surface area contributed by atoms with Crippen LogP contribution in [0.15, 0.2) is 51.7 Å². The Hall–Kier alpha value is -2.83. The van der Waals surface area contributed by atoms with E-state index >= 15 is 0 Å². The van der Waals surface area contributed by atoms with E-state index in [4.69, 9.17) is 14.9 Å². The van der Waals surface area contributed by atoms with Gasteiger partial charge in [0.2, 0.25) is 0 Å². The highest BCUT2D eigenvalue weighted by atomic mass is 16.5. The van der Waals surface area contributed by atoms with E-state index in [0.29, 0.717) is 27.8 Å². The van der Waals surface area contributed by atoms with Gasteiger partial charge in [-0.1, -0.05) is 18.2 Å². The molecule has 1 unspecified atom stereocenters. The van der Waals surface area contributed by atoms with Gasteiger partial charge in [-0.05, 0) is 18.2 Å². The molecule has 2 aromatic carbocycles. The van der Waals surface area contributed by atoms with Crippen LogP contribution in [0.5, 0.6) is 5.75 Å². The molecule has 0 spiro atoms. The van der Waals surface area contributed by atoms with Gasteiger partial charge in [-0.2, -0.15) is 0 Å². The van der Waals surface area contributed by atoms with Gasteiger partial charge in [-0.15, -0.1) is 0 Å². The zero-order valence-electron chi connectivity index (χ0n) is 12.8. The number of H-pyrrole nitrogens is 1. The molecule has 0 bridgehead atoms. The number of fused-ring (bicyclic) bond motifs is 5. The van der Waals surface area contributed by atoms with E-state index in [2.05, 4.69) is 4.98 Å². The highest BCUT2D eigenvalue weighted by Gasteiger charge is 2.14. The van der Waals surface area contributed by atoms with Crippen LogP contribution in [-0.2, 0) is 0 Å². The number of benzene rings is 2. The van der Waals surface area contributed by atoms with Crippen molar-refractivity contribution in [3.05, 3.63) is 52.8 Å². The number of hydrogen-bond acceptors (Lipinski definition) is 5. The minimum Gasteiger partial charge on any atom is -0.491 e. The molecule has 6 nitrogen and oxygen atoms in total. The Bertz CT molecular complexity index is 1100. The summed E-state index contributed by atoms with van der Waals surface area (Å²) in [4.78, 5) is 15.3. The van der Waals surface area contributed by atoms with Gasteiger partial charge in [0.15, 0.2) is 0 Å². The summed E-state index contributed by atoms with van der Waals surface area (Å²) in [5, 5.41) is 11.6. The van der Waals surface area contributed by atoms with Crippen molar-refractivity contribution < 1.29 is 14.3 Å². The summed E-state index contributed by atoms with van der Waals surface area (Å²) >= 11 is 0. The third kappa shape index (κ3) is 2.33. The Morgan fingerprint density at radius 2 is 2.04 bits per heavy atom. The lowest BCUT2D eigenvalue weighted by Gasteiger charge is -2.10. The first-order valence-electron chi connectivity index (χ1n) is 7.65. The second-order valence-electron chi connectivity index (χ2n) is 5.66. The zero-order valence-corrected chi connectivity index (χ0v) is 12.8. The Morgan fingerprint density at radius 3 is 2.88 bits per heavy atom. The molecule has 0 aliphatic carbocycles. The number of pyridine rings is 1. The van der Waals surface area contributed by atoms with Crippen LogP contribution in [0.4, 0.5) is 0 Å². The number of hydrogen-bond donors (Lipinski definition) is 3. The Kier molecular flexibility index (Phi) is 3.48. The smallest absolute Gasteiger partial charge is 0.260 e. The standard InChI is InChI=1S/C18H16N2O4/c19-8-10(21)9-23-11-5-6-12-14(7-11)20-18(22)16-13-3-1-2-4-15(13)24-17(12)16/h1-7,10,21H,8-9,19H2,(H,20,22). The number of ether oxygens (including phenoxy) is 1. The Morgan fingerprint density at radius 1 is 1.21 bits per heavy atom. The zero-order chi connectivity index (χ0) is 16.7. The van der Waals surface area contributed by atoms with E-state index in [1.807, 2.05) is 30.3 Å². The number of furan rings is 1. The molecule has 6 heteroatoms. The average Bonchev–Trinajstić information content (AvgIpc) is 2.99. The highest BCUT2D eigenvalue weighted by molar-refractivity contribution is 6.13. The number of nitrogens with one attached hydrogen (secondary N) is 1. The van der Waals surface area contributed by atoms with E-state index < -0.39 is 6.10 Å². The van der Waals surface area contributed by atoms with E-state index in [9.17, 15) is 9.90 Å². The third-order valence-electron chi connectivity index (χ3n) is 4.02. The Balaban J connectivity index is 1.88. The maximum Gasteiger partial charge on any atom is 0.260 e. The van der Waals surface area contributed by atoms with Crippen LogP contribution >= 0.6 is 0 Å². The fourth-order valence-corrected chi connectivity index (χ4v) is 2.82. The lowest BCUT2D eigenvalue weighted by atomic mass is 10.1. The van der Waals surface area contributed by atoms with Gasteiger partial charge >= 0.3 is 0 Å². The molecule has 0 amide bonds. The summed E-state index contributed by atoms with van der Waals surface area (Å²) in [5.41, 5.74) is 7.00. The summed E-state index contributed by atoms with van der Waals surface area (Å²) < 4.78 is 11.4. The summed E-state index contributed by atoms with van der Waals surface area (Å²) in [5.74, 6) is 0.543. The molecular formula is C18H16N2O4. The maximum absolute atomic E-state index is 12.5. The molecule has 0 radical (unpaired) electrons. The minimum atomic E-state index is -0.724. The Labute approximate surface area is 136 Å². The largest absolute Gasteiger partial charge is 0.491 e.